The highest BCUT2D eigenvalue weighted by Gasteiger charge is 2.42. The van der Waals surface area contributed by atoms with Gasteiger partial charge in [-0.1, -0.05) is 36.4 Å². The molecule has 3 amide bonds. The van der Waals surface area contributed by atoms with Crippen molar-refractivity contribution in [3.8, 4) is 0 Å². The van der Waals surface area contributed by atoms with Crippen LogP contribution in [0.4, 0.5) is 5.69 Å². The second-order valence-electron chi connectivity index (χ2n) is 11.7. The molecule has 0 aliphatic carbocycles. The maximum Gasteiger partial charge on any atom is 0.254 e. The number of aryl methyl sites for hydroxylation is 2. The fraction of sp³-hybridized carbons (Fsp3) is 0.531. The second kappa shape index (κ2) is 11.9. The minimum Gasteiger partial charge on any atom is -0.343 e. The molecule has 3 aliphatic heterocycles. The number of benzene rings is 2. The van der Waals surface area contributed by atoms with Crippen LogP contribution in [0.2, 0.25) is 0 Å². The van der Waals surface area contributed by atoms with Gasteiger partial charge in [-0.15, -0.1) is 0 Å². The lowest BCUT2D eigenvalue weighted by molar-refractivity contribution is -0.133. The summed E-state index contributed by atoms with van der Waals surface area (Å²) in [6, 6.07) is 16.1. The van der Waals surface area contributed by atoms with E-state index in [1.54, 1.807) is 6.92 Å². The van der Waals surface area contributed by atoms with Crippen LogP contribution in [0.15, 0.2) is 48.5 Å². The van der Waals surface area contributed by atoms with Crippen LogP contribution in [-0.4, -0.2) is 84.8 Å². The van der Waals surface area contributed by atoms with Gasteiger partial charge >= 0.3 is 0 Å². The summed E-state index contributed by atoms with van der Waals surface area (Å²) in [7, 11) is 0. The van der Waals surface area contributed by atoms with Gasteiger partial charge in [0.05, 0.1) is 0 Å². The van der Waals surface area contributed by atoms with Crippen molar-refractivity contribution in [1.82, 2.24) is 14.7 Å². The standard InChI is InChI=1S/C32H42N4O3/c1-23-9-7-10-24(2)30(23)32(39)35-21-27-19-33(20-28(27)22-35)15-8-16-36(29-11-5-4-6-12-29)31(38)26-13-17-34(18-14-26)25(3)37/h4-7,9-12,26-28H,8,13-22H2,1-3H3. The third-order valence-corrected chi connectivity index (χ3v) is 9.02. The fourth-order valence-electron chi connectivity index (χ4n) is 6.84. The van der Waals surface area contributed by atoms with Crippen LogP contribution in [0.1, 0.15) is 47.7 Å². The Morgan fingerprint density at radius 2 is 1.44 bits per heavy atom. The first-order valence-corrected chi connectivity index (χ1v) is 14.5. The van der Waals surface area contributed by atoms with Crippen LogP contribution in [0.25, 0.3) is 0 Å². The molecule has 0 spiro atoms. The van der Waals surface area contributed by atoms with Crippen molar-refractivity contribution in [1.29, 1.82) is 0 Å². The van der Waals surface area contributed by atoms with Crippen molar-refractivity contribution in [3.05, 3.63) is 65.2 Å². The van der Waals surface area contributed by atoms with Gasteiger partial charge in [-0.2, -0.15) is 0 Å². The summed E-state index contributed by atoms with van der Waals surface area (Å²) in [5.41, 5.74) is 3.93. The summed E-state index contributed by atoms with van der Waals surface area (Å²) in [5, 5.41) is 0. The average Bonchev–Trinajstić information content (AvgIpc) is 3.50. The van der Waals surface area contributed by atoms with Crippen LogP contribution in [-0.2, 0) is 9.59 Å². The molecule has 7 nitrogen and oxygen atoms in total. The van der Waals surface area contributed by atoms with Gasteiger partial charge in [0, 0.05) is 69.9 Å². The van der Waals surface area contributed by atoms with Gasteiger partial charge in [0.15, 0.2) is 0 Å². The number of anilines is 1. The predicted molar refractivity (Wildman–Crippen MR) is 154 cm³/mol. The van der Waals surface area contributed by atoms with Crippen LogP contribution >= 0.6 is 0 Å². The number of likely N-dealkylation sites (tertiary alicyclic amines) is 3. The zero-order valence-electron chi connectivity index (χ0n) is 23.6. The van der Waals surface area contributed by atoms with Crippen LogP contribution in [0, 0.1) is 31.6 Å². The molecule has 7 heteroatoms. The molecule has 0 N–H and O–H groups in total. The van der Waals surface area contributed by atoms with Crippen molar-refractivity contribution in [2.75, 3.05) is 57.3 Å². The molecule has 2 atom stereocenters. The molecule has 39 heavy (non-hydrogen) atoms. The highest BCUT2D eigenvalue weighted by atomic mass is 16.2. The molecule has 0 saturated carbocycles. The normalized spacial score (nSPS) is 21.7. The molecule has 3 aliphatic rings. The lowest BCUT2D eigenvalue weighted by Gasteiger charge is -2.34. The van der Waals surface area contributed by atoms with Gasteiger partial charge in [0.1, 0.15) is 0 Å². The number of nitrogens with zero attached hydrogens (tertiary/aromatic N) is 4. The molecule has 2 aromatic carbocycles. The zero-order valence-corrected chi connectivity index (χ0v) is 23.6. The first kappa shape index (κ1) is 27.4. The van der Waals surface area contributed by atoms with E-state index in [1.807, 2.05) is 72.2 Å². The van der Waals surface area contributed by atoms with E-state index in [0.717, 1.165) is 74.4 Å². The number of para-hydroxylation sites is 1. The molecule has 0 aromatic heterocycles. The van der Waals surface area contributed by atoms with Crippen LogP contribution in [0.3, 0.4) is 0 Å². The number of carbonyl (C=O) groups is 3. The Kier molecular flexibility index (Phi) is 8.36. The van der Waals surface area contributed by atoms with E-state index in [-0.39, 0.29) is 23.6 Å². The molecule has 5 rings (SSSR count). The lowest BCUT2D eigenvalue weighted by Crippen LogP contribution is -2.44. The Labute approximate surface area is 232 Å². The maximum atomic E-state index is 13.6. The summed E-state index contributed by atoms with van der Waals surface area (Å²) in [5.74, 6) is 1.47. The number of piperidine rings is 1. The molecule has 2 aromatic rings. The molecule has 208 valence electrons. The number of amides is 3. The SMILES string of the molecule is CC(=O)N1CCC(C(=O)N(CCCN2CC3CN(C(=O)c4c(C)cccc4C)CC3C2)c2ccccc2)CC1. The van der Waals surface area contributed by atoms with Crippen molar-refractivity contribution < 1.29 is 14.4 Å². The fourth-order valence-corrected chi connectivity index (χ4v) is 6.84. The Bertz CT molecular complexity index is 1160. The van der Waals surface area contributed by atoms with E-state index in [2.05, 4.69) is 9.80 Å². The second-order valence-corrected chi connectivity index (χ2v) is 11.7. The van der Waals surface area contributed by atoms with E-state index < -0.39 is 0 Å². The minimum absolute atomic E-state index is 0.0349. The molecule has 3 saturated heterocycles. The number of fused-ring (bicyclic) bond motifs is 1. The van der Waals surface area contributed by atoms with Gasteiger partial charge in [0.25, 0.3) is 5.91 Å². The highest BCUT2D eigenvalue weighted by molar-refractivity contribution is 5.97. The average molecular weight is 531 g/mol. The molecule has 3 fully saturated rings. The van der Waals surface area contributed by atoms with Gasteiger partial charge in [0.2, 0.25) is 11.8 Å². The monoisotopic (exact) mass is 530 g/mol. The molecular weight excluding hydrogens is 488 g/mol. The largest absolute Gasteiger partial charge is 0.343 e. The molecule has 0 radical (unpaired) electrons. The quantitative estimate of drug-likeness (QED) is 0.543. The van der Waals surface area contributed by atoms with E-state index in [4.69, 9.17) is 0 Å². The lowest BCUT2D eigenvalue weighted by atomic mass is 9.95. The van der Waals surface area contributed by atoms with Crippen molar-refractivity contribution >= 4 is 23.4 Å². The third-order valence-electron chi connectivity index (χ3n) is 9.02. The van der Waals surface area contributed by atoms with E-state index >= 15 is 0 Å². The summed E-state index contributed by atoms with van der Waals surface area (Å²) < 4.78 is 0. The summed E-state index contributed by atoms with van der Waals surface area (Å²) in [6.07, 6.45) is 2.38. The minimum atomic E-state index is -0.0349. The van der Waals surface area contributed by atoms with Gasteiger partial charge in [-0.3, -0.25) is 14.4 Å². The van der Waals surface area contributed by atoms with E-state index in [0.29, 0.717) is 31.5 Å². The van der Waals surface area contributed by atoms with E-state index in [9.17, 15) is 14.4 Å². The summed E-state index contributed by atoms with van der Waals surface area (Å²) in [4.78, 5) is 47.0. The van der Waals surface area contributed by atoms with Gasteiger partial charge in [-0.25, -0.2) is 0 Å². The highest BCUT2D eigenvalue weighted by Crippen LogP contribution is 2.33. The first-order valence-electron chi connectivity index (χ1n) is 14.5. The Morgan fingerprint density at radius 3 is 2.03 bits per heavy atom. The molecule has 0 bridgehead atoms. The molecular formula is C32H42N4O3. The smallest absolute Gasteiger partial charge is 0.254 e. The van der Waals surface area contributed by atoms with Crippen molar-refractivity contribution in [2.45, 2.75) is 40.0 Å². The van der Waals surface area contributed by atoms with Crippen LogP contribution in [0.5, 0.6) is 0 Å². The molecule has 3 heterocycles. The maximum absolute atomic E-state index is 13.6. The van der Waals surface area contributed by atoms with Crippen molar-refractivity contribution in [3.63, 3.8) is 0 Å². The number of hydrogen-bond donors (Lipinski definition) is 0. The zero-order chi connectivity index (χ0) is 27.5. The Balaban J connectivity index is 1.14. The number of carbonyl (C=O) groups excluding carboxylic acids is 3. The van der Waals surface area contributed by atoms with Crippen molar-refractivity contribution in [2.24, 2.45) is 17.8 Å². The predicted octanol–water partition coefficient (Wildman–Crippen LogP) is 3.99. The summed E-state index contributed by atoms with van der Waals surface area (Å²) >= 11 is 0. The number of hydrogen-bond acceptors (Lipinski definition) is 4. The van der Waals surface area contributed by atoms with Crippen LogP contribution < -0.4 is 4.90 Å². The third kappa shape index (κ3) is 6.03. The topological polar surface area (TPSA) is 64.2 Å². The van der Waals surface area contributed by atoms with Gasteiger partial charge < -0.3 is 19.6 Å². The summed E-state index contributed by atoms with van der Waals surface area (Å²) in [6.45, 7) is 12.3. The molecule has 2 unspecified atom stereocenters. The first-order chi connectivity index (χ1) is 18.8. The Hall–Kier alpha value is -3.19. The van der Waals surface area contributed by atoms with Gasteiger partial charge in [-0.05, 0) is 74.8 Å². The van der Waals surface area contributed by atoms with E-state index in [1.165, 1.54) is 0 Å². The Morgan fingerprint density at radius 1 is 0.821 bits per heavy atom. The number of rotatable bonds is 7.